The lowest BCUT2D eigenvalue weighted by Crippen LogP contribution is -2.12. The first-order valence-electron chi connectivity index (χ1n) is 5.48. The van der Waals surface area contributed by atoms with Gasteiger partial charge >= 0.3 is 0 Å². The molecule has 0 saturated heterocycles. The highest BCUT2D eigenvalue weighted by molar-refractivity contribution is 7.98. The summed E-state index contributed by atoms with van der Waals surface area (Å²) in [6.07, 6.45) is 3.92. The molecule has 1 unspecified atom stereocenters. The number of thioether (sulfide) groups is 1. The quantitative estimate of drug-likeness (QED) is 0.677. The summed E-state index contributed by atoms with van der Waals surface area (Å²) in [6, 6.07) is 10.6. The topological polar surface area (TPSA) is 50.2 Å². The largest absolute Gasteiger partial charge is 0.380 e. The monoisotopic (exact) mass is 259 g/mol. The normalized spacial score (nSPS) is 12.1. The number of nitrogens with zero attached hydrogens (tertiary/aromatic N) is 1. The summed E-state index contributed by atoms with van der Waals surface area (Å²) < 4.78 is 0. The van der Waals surface area contributed by atoms with Crippen molar-refractivity contribution in [2.45, 2.75) is 11.0 Å². The second kappa shape index (κ2) is 5.80. The number of carbonyl (C=O) groups excluding carboxylic acids is 1. The molecular weight excluding hydrogens is 246 g/mol. The second-order valence-electron chi connectivity index (χ2n) is 3.78. The number of benzene rings is 1. The van der Waals surface area contributed by atoms with Crippen LogP contribution < -0.4 is 0 Å². The Balaban J connectivity index is 2.20. The number of pyridine rings is 1. The standard InChI is InChI=1S/C14H13NO2S/c1-18-12-6-4-10(5-7-12)13(16)14(17)11-3-2-8-15-9-11/h2-9,14,17H,1H3. The van der Waals surface area contributed by atoms with Gasteiger partial charge in [-0.05, 0) is 24.5 Å². The fourth-order valence-electron chi connectivity index (χ4n) is 1.60. The number of hydrogen-bond donors (Lipinski definition) is 1. The van der Waals surface area contributed by atoms with Crippen LogP contribution in [0.3, 0.4) is 0 Å². The van der Waals surface area contributed by atoms with E-state index in [0.717, 1.165) is 4.90 Å². The molecule has 2 aromatic rings. The van der Waals surface area contributed by atoms with E-state index in [1.165, 1.54) is 6.20 Å². The molecule has 92 valence electrons. The van der Waals surface area contributed by atoms with Gasteiger partial charge in [0.2, 0.25) is 0 Å². The van der Waals surface area contributed by atoms with Gasteiger partial charge < -0.3 is 5.11 Å². The molecule has 0 amide bonds. The number of aliphatic hydroxyl groups is 1. The minimum absolute atomic E-state index is 0.310. The van der Waals surface area contributed by atoms with E-state index < -0.39 is 6.10 Å². The van der Waals surface area contributed by atoms with Crippen LogP contribution in [0.1, 0.15) is 22.0 Å². The highest BCUT2D eigenvalue weighted by Crippen LogP contribution is 2.20. The van der Waals surface area contributed by atoms with E-state index in [1.807, 2.05) is 18.4 Å². The number of aliphatic hydroxyl groups excluding tert-OH is 1. The van der Waals surface area contributed by atoms with Gasteiger partial charge in [0.1, 0.15) is 6.10 Å². The van der Waals surface area contributed by atoms with E-state index in [0.29, 0.717) is 11.1 Å². The van der Waals surface area contributed by atoms with E-state index in [2.05, 4.69) is 4.98 Å². The maximum atomic E-state index is 12.1. The molecule has 0 aliphatic rings. The zero-order valence-corrected chi connectivity index (χ0v) is 10.7. The highest BCUT2D eigenvalue weighted by Gasteiger charge is 2.18. The van der Waals surface area contributed by atoms with E-state index in [1.54, 1.807) is 42.2 Å². The Morgan fingerprint density at radius 3 is 2.56 bits per heavy atom. The SMILES string of the molecule is CSc1ccc(C(=O)C(O)c2cccnc2)cc1. The fraction of sp³-hybridized carbons (Fsp3) is 0.143. The molecule has 1 aromatic carbocycles. The third kappa shape index (κ3) is 2.78. The number of Topliss-reactive ketones (excluding diaryl/α,β-unsaturated/α-hetero) is 1. The maximum absolute atomic E-state index is 12.1. The minimum atomic E-state index is -1.15. The molecule has 1 aromatic heterocycles. The molecule has 1 atom stereocenters. The molecule has 0 spiro atoms. The summed E-state index contributed by atoms with van der Waals surface area (Å²) in [4.78, 5) is 17.0. The van der Waals surface area contributed by atoms with Crippen LogP contribution in [0.5, 0.6) is 0 Å². The minimum Gasteiger partial charge on any atom is -0.380 e. The van der Waals surface area contributed by atoms with Gasteiger partial charge in [-0.3, -0.25) is 9.78 Å². The van der Waals surface area contributed by atoms with Crippen molar-refractivity contribution in [1.29, 1.82) is 0 Å². The Bertz CT molecular complexity index is 525. The summed E-state index contributed by atoms with van der Waals surface area (Å²) in [7, 11) is 0. The predicted molar refractivity (Wildman–Crippen MR) is 71.8 cm³/mol. The Kier molecular flexibility index (Phi) is 4.12. The maximum Gasteiger partial charge on any atom is 0.195 e. The molecule has 0 aliphatic carbocycles. The van der Waals surface area contributed by atoms with Gasteiger partial charge in [-0.25, -0.2) is 0 Å². The van der Waals surface area contributed by atoms with Crippen LogP contribution in [0.2, 0.25) is 0 Å². The van der Waals surface area contributed by atoms with Crippen molar-refractivity contribution >= 4 is 17.5 Å². The number of hydrogen-bond acceptors (Lipinski definition) is 4. The third-order valence-electron chi connectivity index (χ3n) is 2.62. The molecule has 4 heteroatoms. The van der Waals surface area contributed by atoms with Crippen LogP contribution in [0.25, 0.3) is 0 Å². The number of rotatable bonds is 4. The number of carbonyl (C=O) groups is 1. The molecule has 0 aliphatic heterocycles. The highest BCUT2D eigenvalue weighted by atomic mass is 32.2. The predicted octanol–water partition coefficient (Wildman–Crippen LogP) is 2.72. The van der Waals surface area contributed by atoms with Gasteiger partial charge in [0, 0.05) is 28.4 Å². The lowest BCUT2D eigenvalue weighted by molar-refractivity contribution is 0.0747. The van der Waals surface area contributed by atoms with E-state index in [4.69, 9.17) is 0 Å². The fourth-order valence-corrected chi connectivity index (χ4v) is 2.01. The molecule has 0 radical (unpaired) electrons. The van der Waals surface area contributed by atoms with Crippen LogP contribution in [-0.2, 0) is 0 Å². The van der Waals surface area contributed by atoms with Crippen molar-refractivity contribution in [1.82, 2.24) is 4.98 Å². The van der Waals surface area contributed by atoms with Gasteiger partial charge in [0.15, 0.2) is 5.78 Å². The molecule has 0 bridgehead atoms. The summed E-state index contributed by atoms with van der Waals surface area (Å²) in [5, 5.41) is 9.97. The smallest absolute Gasteiger partial charge is 0.195 e. The van der Waals surface area contributed by atoms with Crippen LogP contribution in [-0.4, -0.2) is 22.1 Å². The number of ketones is 1. The first-order valence-corrected chi connectivity index (χ1v) is 6.71. The van der Waals surface area contributed by atoms with Crippen LogP contribution in [0.15, 0.2) is 53.7 Å². The molecule has 1 heterocycles. The van der Waals surface area contributed by atoms with Crippen molar-refractivity contribution in [3.63, 3.8) is 0 Å². The Labute approximate surface area is 110 Å². The first kappa shape index (κ1) is 12.8. The first-order chi connectivity index (χ1) is 8.72. The molecule has 1 N–H and O–H groups in total. The summed E-state index contributed by atoms with van der Waals surface area (Å²) in [6.45, 7) is 0. The van der Waals surface area contributed by atoms with Crippen molar-refractivity contribution in [3.8, 4) is 0 Å². The van der Waals surface area contributed by atoms with Crippen molar-refractivity contribution in [2.75, 3.05) is 6.26 Å². The van der Waals surface area contributed by atoms with Gasteiger partial charge in [-0.15, -0.1) is 11.8 Å². The van der Waals surface area contributed by atoms with Gasteiger partial charge in [0.05, 0.1) is 0 Å². The van der Waals surface area contributed by atoms with E-state index in [9.17, 15) is 9.90 Å². The zero-order chi connectivity index (χ0) is 13.0. The van der Waals surface area contributed by atoms with Crippen LogP contribution in [0.4, 0.5) is 0 Å². The lowest BCUT2D eigenvalue weighted by atomic mass is 10.0. The average Bonchev–Trinajstić information content (AvgIpc) is 2.47. The van der Waals surface area contributed by atoms with Crippen molar-refractivity contribution < 1.29 is 9.90 Å². The van der Waals surface area contributed by atoms with E-state index in [-0.39, 0.29) is 5.78 Å². The average molecular weight is 259 g/mol. The Hall–Kier alpha value is -1.65. The molecule has 0 fully saturated rings. The van der Waals surface area contributed by atoms with E-state index >= 15 is 0 Å². The molecule has 2 rings (SSSR count). The third-order valence-corrected chi connectivity index (χ3v) is 3.37. The molecule has 3 nitrogen and oxygen atoms in total. The van der Waals surface area contributed by atoms with Crippen molar-refractivity contribution in [2.24, 2.45) is 0 Å². The molecular formula is C14H13NO2S. The Morgan fingerprint density at radius 1 is 1.28 bits per heavy atom. The summed E-state index contributed by atoms with van der Waals surface area (Å²) >= 11 is 1.61. The second-order valence-corrected chi connectivity index (χ2v) is 4.66. The number of aromatic nitrogens is 1. The van der Waals surface area contributed by atoms with Crippen molar-refractivity contribution in [3.05, 3.63) is 59.9 Å². The molecule has 18 heavy (non-hydrogen) atoms. The summed E-state index contributed by atoms with van der Waals surface area (Å²) in [5.41, 5.74) is 1.01. The Morgan fingerprint density at radius 2 is 2.00 bits per heavy atom. The van der Waals surface area contributed by atoms with Gasteiger partial charge in [0.25, 0.3) is 0 Å². The van der Waals surface area contributed by atoms with Gasteiger partial charge in [-0.1, -0.05) is 18.2 Å². The molecule has 0 saturated carbocycles. The van der Waals surface area contributed by atoms with Crippen LogP contribution in [0, 0.1) is 0 Å². The lowest BCUT2D eigenvalue weighted by Gasteiger charge is -2.09. The zero-order valence-electron chi connectivity index (χ0n) is 9.91. The summed E-state index contributed by atoms with van der Waals surface area (Å²) in [5.74, 6) is -0.310. The van der Waals surface area contributed by atoms with Crippen LogP contribution >= 0.6 is 11.8 Å². The van der Waals surface area contributed by atoms with Gasteiger partial charge in [-0.2, -0.15) is 0 Å².